The Bertz CT molecular complexity index is 739. The SMILES string of the molecule is C=C(C(=O)OCC)/C(=C\C(Cl)=N/C)Nc1cccc(C(C)=N)c1OC. The van der Waals surface area contributed by atoms with E-state index in [1.54, 1.807) is 32.0 Å². The van der Waals surface area contributed by atoms with E-state index in [9.17, 15) is 4.79 Å². The summed E-state index contributed by atoms with van der Waals surface area (Å²) in [4.78, 5) is 15.9. The number of anilines is 1. The Balaban J connectivity index is 3.34. The van der Waals surface area contributed by atoms with E-state index < -0.39 is 5.97 Å². The van der Waals surface area contributed by atoms with E-state index in [0.717, 1.165) is 0 Å². The number of methoxy groups -OCH3 is 1. The van der Waals surface area contributed by atoms with E-state index in [2.05, 4.69) is 16.9 Å². The third kappa shape index (κ3) is 5.46. The minimum absolute atomic E-state index is 0.0997. The molecule has 0 amide bonds. The van der Waals surface area contributed by atoms with E-state index in [4.69, 9.17) is 26.5 Å². The van der Waals surface area contributed by atoms with Gasteiger partial charge in [0, 0.05) is 18.3 Å². The minimum atomic E-state index is -0.569. The molecule has 1 rings (SSSR count). The number of para-hydroxylation sites is 1. The monoisotopic (exact) mass is 363 g/mol. The molecular weight excluding hydrogens is 342 g/mol. The number of esters is 1. The highest BCUT2D eigenvalue weighted by Crippen LogP contribution is 2.31. The fraction of sp³-hybridized carbons (Fsp3) is 0.278. The number of aliphatic imine (C=N–C) groups is 1. The van der Waals surface area contributed by atoms with E-state index in [1.165, 1.54) is 20.2 Å². The molecule has 25 heavy (non-hydrogen) atoms. The summed E-state index contributed by atoms with van der Waals surface area (Å²) in [6.45, 7) is 7.37. The van der Waals surface area contributed by atoms with Gasteiger partial charge in [0.1, 0.15) is 5.17 Å². The van der Waals surface area contributed by atoms with Crippen molar-refractivity contribution >= 4 is 34.1 Å². The fourth-order valence-electron chi connectivity index (χ4n) is 2.01. The lowest BCUT2D eigenvalue weighted by molar-refractivity contribution is -0.138. The van der Waals surface area contributed by atoms with E-state index in [0.29, 0.717) is 28.4 Å². The Labute approximate surface area is 152 Å². The molecule has 2 N–H and O–H groups in total. The summed E-state index contributed by atoms with van der Waals surface area (Å²) >= 11 is 5.98. The van der Waals surface area contributed by atoms with Gasteiger partial charge in [-0.05, 0) is 32.1 Å². The smallest absolute Gasteiger partial charge is 0.339 e. The molecule has 134 valence electrons. The zero-order valence-electron chi connectivity index (χ0n) is 14.8. The summed E-state index contributed by atoms with van der Waals surface area (Å²) < 4.78 is 10.4. The van der Waals surface area contributed by atoms with Crippen molar-refractivity contribution in [2.75, 3.05) is 26.1 Å². The summed E-state index contributed by atoms with van der Waals surface area (Å²) in [6, 6.07) is 5.31. The van der Waals surface area contributed by atoms with Crippen LogP contribution in [-0.4, -0.2) is 37.6 Å². The van der Waals surface area contributed by atoms with Gasteiger partial charge in [-0.15, -0.1) is 0 Å². The minimum Gasteiger partial charge on any atom is -0.494 e. The number of allylic oxidation sites excluding steroid dienone is 1. The summed E-state index contributed by atoms with van der Waals surface area (Å²) in [6.07, 6.45) is 1.48. The average molecular weight is 364 g/mol. The van der Waals surface area contributed by atoms with Gasteiger partial charge in [0.25, 0.3) is 0 Å². The van der Waals surface area contributed by atoms with Crippen LogP contribution in [0.5, 0.6) is 5.75 Å². The summed E-state index contributed by atoms with van der Waals surface area (Å²) in [7, 11) is 3.04. The maximum absolute atomic E-state index is 12.0. The molecule has 1 aromatic rings. The first-order valence-electron chi connectivity index (χ1n) is 7.55. The number of ether oxygens (including phenoxy) is 2. The Morgan fingerprint density at radius 1 is 1.48 bits per heavy atom. The van der Waals surface area contributed by atoms with Crippen molar-refractivity contribution in [3.05, 3.63) is 47.7 Å². The van der Waals surface area contributed by atoms with Crippen LogP contribution in [0.1, 0.15) is 19.4 Å². The molecule has 0 saturated carbocycles. The predicted octanol–water partition coefficient (Wildman–Crippen LogP) is 3.77. The Hall–Kier alpha value is -2.60. The molecule has 0 spiro atoms. The van der Waals surface area contributed by atoms with Gasteiger partial charge in [0.2, 0.25) is 0 Å². The average Bonchev–Trinajstić information content (AvgIpc) is 2.60. The largest absolute Gasteiger partial charge is 0.494 e. The number of benzene rings is 1. The van der Waals surface area contributed by atoms with Gasteiger partial charge in [-0.2, -0.15) is 0 Å². The van der Waals surface area contributed by atoms with Gasteiger partial charge in [-0.1, -0.05) is 24.2 Å². The maximum atomic E-state index is 12.0. The first kappa shape index (κ1) is 20.4. The normalized spacial score (nSPS) is 11.7. The third-order valence-corrected chi connectivity index (χ3v) is 3.49. The second-order valence-corrected chi connectivity index (χ2v) is 5.33. The Morgan fingerprint density at radius 3 is 2.68 bits per heavy atom. The van der Waals surface area contributed by atoms with Gasteiger partial charge in [-0.3, -0.25) is 4.99 Å². The number of carbonyl (C=O) groups is 1. The number of nitrogens with zero attached hydrogens (tertiary/aromatic N) is 1. The Kier molecular flexibility index (Phi) is 7.88. The second-order valence-electron chi connectivity index (χ2n) is 4.94. The number of hydrogen-bond donors (Lipinski definition) is 2. The zero-order valence-corrected chi connectivity index (χ0v) is 15.5. The van der Waals surface area contributed by atoms with Crippen molar-refractivity contribution in [2.24, 2.45) is 4.99 Å². The number of carbonyl (C=O) groups excluding carboxylic acids is 1. The summed E-state index contributed by atoms with van der Waals surface area (Å²) in [5.74, 6) is -0.0951. The molecule has 0 aliphatic carbocycles. The van der Waals surface area contributed by atoms with Crippen LogP contribution in [-0.2, 0) is 9.53 Å². The molecule has 1 aromatic carbocycles. The first-order valence-corrected chi connectivity index (χ1v) is 7.93. The van der Waals surface area contributed by atoms with Crippen molar-refractivity contribution < 1.29 is 14.3 Å². The zero-order chi connectivity index (χ0) is 19.0. The number of hydrogen-bond acceptors (Lipinski definition) is 6. The number of rotatable bonds is 8. The van der Waals surface area contributed by atoms with Gasteiger partial charge >= 0.3 is 5.97 Å². The molecule has 0 aliphatic heterocycles. The molecule has 0 bridgehead atoms. The van der Waals surface area contributed by atoms with E-state index in [1.807, 2.05) is 0 Å². The lowest BCUT2D eigenvalue weighted by atomic mass is 10.1. The molecule has 6 nitrogen and oxygen atoms in total. The van der Waals surface area contributed by atoms with Crippen molar-refractivity contribution in [3.63, 3.8) is 0 Å². The second kappa shape index (κ2) is 9.64. The van der Waals surface area contributed by atoms with Crippen LogP contribution in [0.3, 0.4) is 0 Å². The van der Waals surface area contributed by atoms with Gasteiger partial charge in [0.05, 0.1) is 30.7 Å². The Morgan fingerprint density at radius 2 is 2.16 bits per heavy atom. The number of nitrogens with one attached hydrogen (secondary N) is 2. The molecule has 7 heteroatoms. The van der Waals surface area contributed by atoms with E-state index in [-0.39, 0.29) is 17.4 Å². The van der Waals surface area contributed by atoms with Crippen LogP contribution in [0.2, 0.25) is 0 Å². The lowest BCUT2D eigenvalue weighted by Gasteiger charge is -2.17. The van der Waals surface area contributed by atoms with Crippen LogP contribution in [0.25, 0.3) is 0 Å². The van der Waals surface area contributed by atoms with Crippen molar-refractivity contribution in [1.82, 2.24) is 0 Å². The molecule has 0 heterocycles. The van der Waals surface area contributed by atoms with Crippen LogP contribution in [0.4, 0.5) is 5.69 Å². The maximum Gasteiger partial charge on any atom is 0.339 e. The molecule has 0 radical (unpaired) electrons. The van der Waals surface area contributed by atoms with Crippen LogP contribution in [0.15, 0.2) is 47.1 Å². The van der Waals surface area contributed by atoms with Crippen LogP contribution >= 0.6 is 11.6 Å². The van der Waals surface area contributed by atoms with Crippen molar-refractivity contribution in [3.8, 4) is 5.75 Å². The fourth-order valence-corrected chi connectivity index (χ4v) is 2.12. The molecule has 0 aliphatic rings. The quantitative estimate of drug-likeness (QED) is 0.319. The van der Waals surface area contributed by atoms with Gasteiger partial charge in [0.15, 0.2) is 5.75 Å². The van der Waals surface area contributed by atoms with Crippen LogP contribution < -0.4 is 10.1 Å². The van der Waals surface area contributed by atoms with Gasteiger partial charge < -0.3 is 20.2 Å². The molecule has 0 saturated heterocycles. The standard InChI is InChI=1S/C18H22ClN3O3/c1-6-25-18(23)11(2)15(10-16(19)21-4)22-14-9-7-8-13(12(3)20)17(14)24-5/h7-10,20,22H,2,6H2,1,3-5H3/b15-10+,20-12?,21-16+. The summed E-state index contributed by atoms with van der Waals surface area (Å²) in [5.41, 5.74) is 1.96. The molecule has 0 atom stereocenters. The highest BCUT2D eigenvalue weighted by molar-refractivity contribution is 6.68. The third-order valence-electron chi connectivity index (χ3n) is 3.22. The molecule has 0 fully saturated rings. The highest BCUT2D eigenvalue weighted by Gasteiger charge is 2.17. The first-order chi connectivity index (χ1) is 11.8. The topological polar surface area (TPSA) is 83.8 Å². The van der Waals surface area contributed by atoms with E-state index >= 15 is 0 Å². The molecule has 0 unspecified atom stereocenters. The number of halogens is 1. The molecule has 0 aromatic heterocycles. The highest BCUT2D eigenvalue weighted by atomic mass is 35.5. The molecular formula is C18H22ClN3O3. The predicted molar refractivity (Wildman–Crippen MR) is 102 cm³/mol. The van der Waals surface area contributed by atoms with Crippen molar-refractivity contribution in [2.45, 2.75) is 13.8 Å². The lowest BCUT2D eigenvalue weighted by Crippen LogP contribution is -2.15. The van der Waals surface area contributed by atoms with Crippen LogP contribution in [0, 0.1) is 5.41 Å². The van der Waals surface area contributed by atoms with Crippen molar-refractivity contribution in [1.29, 1.82) is 5.41 Å². The van der Waals surface area contributed by atoms with Gasteiger partial charge in [-0.25, -0.2) is 4.79 Å². The summed E-state index contributed by atoms with van der Waals surface area (Å²) in [5, 5.41) is 11.1.